The average molecular weight is 448 g/mol. The molecular weight excluding hydrogens is 406 g/mol. The summed E-state index contributed by atoms with van der Waals surface area (Å²) < 4.78 is 7.19. The molecule has 1 aliphatic heterocycles. The summed E-state index contributed by atoms with van der Waals surface area (Å²) in [6.45, 7) is 15.8. The van der Waals surface area contributed by atoms with Gasteiger partial charge in [-0.05, 0) is 72.0 Å². The Labute approximate surface area is 200 Å². The van der Waals surface area contributed by atoms with Crippen molar-refractivity contribution in [1.82, 2.24) is 4.98 Å². The Hall–Kier alpha value is -1.71. The predicted molar refractivity (Wildman–Crippen MR) is 134 cm³/mol. The van der Waals surface area contributed by atoms with E-state index in [0.29, 0.717) is 17.8 Å². The summed E-state index contributed by atoms with van der Waals surface area (Å²) in [6, 6.07) is 9.02. The summed E-state index contributed by atoms with van der Waals surface area (Å²) in [6.07, 6.45) is 4.51. The third-order valence-electron chi connectivity index (χ3n) is 8.55. The van der Waals surface area contributed by atoms with E-state index in [2.05, 4.69) is 72.7 Å². The third kappa shape index (κ3) is 3.58. The highest BCUT2D eigenvalue weighted by atomic mass is 16.5. The van der Waals surface area contributed by atoms with Crippen LogP contribution in [0.15, 0.2) is 24.3 Å². The van der Waals surface area contributed by atoms with Crippen LogP contribution < -0.4 is 0 Å². The highest BCUT2D eigenvalue weighted by Crippen LogP contribution is 2.61. The largest absolute Gasteiger partial charge is 0.388 e. The van der Waals surface area contributed by atoms with Gasteiger partial charge in [0.15, 0.2) is 0 Å². The predicted octanol–water partition coefficient (Wildman–Crippen LogP) is 7.47. The summed E-state index contributed by atoms with van der Waals surface area (Å²) in [5.74, 6) is 1.25. The lowest BCUT2D eigenvalue weighted by Gasteiger charge is -2.39. The van der Waals surface area contributed by atoms with Crippen LogP contribution in [0.2, 0.25) is 0 Å². The number of aromatic nitrogens is 1. The van der Waals surface area contributed by atoms with Crippen molar-refractivity contribution in [2.24, 2.45) is 11.3 Å². The molecule has 1 N–H and O–H groups in total. The maximum Gasteiger partial charge on any atom is 0.111 e. The van der Waals surface area contributed by atoms with Crippen molar-refractivity contribution in [1.29, 1.82) is 0 Å². The van der Waals surface area contributed by atoms with E-state index in [1.807, 2.05) is 0 Å². The van der Waals surface area contributed by atoms with E-state index in [1.165, 1.54) is 40.8 Å². The van der Waals surface area contributed by atoms with Crippen LogP contribution in [0.3, 0.4) is 0 Å². The number of fused-ring (bicyclic) bond motifs is 4. The molecule has 1 aromatic heterocycles. The van der Waals surface area contributed by atoms with Gasteiger partial charge in [-0.2, -0.15) is 0 Å². The zero-order valence-corrected chi connectivity index (χ0v) is 21.5. The van der Waals surface area contributed by atoms with Crippen molar-refractivity contribution in [3.8, 4) is 0 Å². The van der Waals surface area contributed by atoms with E-state index < -0.39 is 6.10 Å². The smallest absolute Gasteiger partial charge is 0.111 e. The lowest BCUT2D eigenvalue weighted by molar-refractivity contribution is -0.0842. The molecule has 2 aliphatic carbocycles. The van der Waals surface area contributed by atoms with E-state index in [0.717, 1.165) is 30.5 Å². The minimum Gasteiger partial charge on any atom is -0.388 e. The summed E-state index contributed by atoms with van der Waals surface area (Å²) in [4.78, 5) is 5.29. The molecule has 3 nitrogen and oxygen atoms in total. The maximum absolute atomic E-state index is 11.5. The Morgan fingerprint density at radius 1 is 1.03 bits per heavy atom. The SMILES string of the molecule is CC(C)c1ccc(C2OC3(CCCC3C)c3c4c(nc(C(C)C)c32)CC(C)(C)CC4O)cc1. The van der Waals surface area contributed by atoms with Gasteiger partial charge in [-0.3, -0.25) is 4.98 Å². The van der Waals surface area contributed by atoms with E-state index in [1.54, 1.807) is 0 Å². The number of pyridine rings is 1. The van der Waals surface area contributed by atoms with Gasteiger partial charge < -0.3 is 9.84 Å². The molecule has 5 rings (SSSR count). The fraction of sp³-hybridized carbons (Fsp3) is 0.633. The van der Waals surface area contributed by atoms with E-state index >= 15 is 0 Å². The molecule has 178 valence electrons. The minimum absolute atomic E-state index is 0.0574. The molecule has 1 spiro atoms. The number of nitrogens with zero attached hydrogens (tertiary/aromatic N) is 1. The first-order valence-corrected chi connectivity index (χ1v) is 13.1. The van der Waals surface area contributed by atoms with Crippen LogP contribution in [0.4, 0.5) is 0 Å². The Morgan fingerprint density at radius 2 is 1.73 bits per heavy atom. The summed E-state index contributed by atoms with van der Waals surface area (Å²) >= 11 is 0. The Bertz CT molecular complexity index is 1050. The molecule has 1 saturated carbocycles. The van der Waals surface area contributed by atoms with Crippen molar-refractivity contribution in [2.75, 3.05) is 0 Å². The number of ether oxygens (including phenoxy) is 1. The van der Waals surface area contributed by atoms with E-state index in [9.17, 15) is 5.11 Å². The molecule has 2 heterocycles. The molecule has 0 radical (unpaired) electrons. The van der Waals surface area contributed by atoms with Gasteiger partial charge in [-0.1, -0.05) is 72.7 Å². The van der Waals surface area contributed by atoms with Crippen molar-refractivity contribution < 1.29 is 9.84 Å². The van der Waals surface area contributed by atoms with Gasteiger partial charge in [-0.15, -0.1) is 0 Å². The van der Waals surface area contributed by atoms with Crippen LogP contribution in [0.25, 0.3) is 0 Å². The number of rotatable bonds is 3. The lowest BCUT2D eigenvalue weighted by atomic mass is 9.69. The zero-order chi connectivity index (χ0) is 23.7. The number of hydrogen-bond donors (Lipinski definition) is 1. The molecule has 33 heavy (non-hydrogen) atoms. The number of aliphatic hydroxyl groups excluding tert-OH is 1. The highest BCUT2D eigenvalue weighted by Gasteiger charge is 2.55. The van der Waals surface area contributed by atoms with Crippen molar-refractivity contribution in [3.05, 3.63) is 63.5 Å². The number of hydrogen-bond acceptors (Lipinski definition) is 3. The van der Waals surface area contributed by atoms with Gasteiger partial charge in [0.05, 0.1) is 11.7 Å². The first-order valence-electron chi connectivity index (χ1n) is 13.1. The quantitative estimate of drug-likeness (QED) is 0.530. The van der Waals surface area contributed by atoms with Crippen LogP contribution in [0.5, 0.6) is 0 Å². The second kappa shape index (κ2) is 7.92. The normalized spacial score (nSPS) is 30.3. The van der Waals surface area contributed by atoms with E-state index in [4.69, 9.17) is 9.72 Å². The van der Waals surface area contributed by atoms with Crippen molar-refractivity contribution in [3.63, 3.8) is 0 Å². The number of benzene rings is 1. The Kier molecular flexibility index (Phi) is 5.53. The standard InChI is InChI=1S/C30H41NO2/c1-17(2)20-10-12-21(13-11-20)28-25-26(30(33-28)14-8-9-19(30)5)24-22(31-27(25)18(3)4)15-29(6,7)16-23(24)32/h10-13,17-19,23,28,32H,8-9,14-16H2,1-7H3. The Balaban J connectivity index is 1.77. The van der Waals surface area contributed by atoms with Crippen LogP contribution in [-0.4, -0.2) is 10.1 Å². The second-order valence-corrected chi connectivity index (χ2v) is 12.4. The number of aliphatic hydroxyl groups is 1. The molecule has 0 bridgehead atoms. The van der Waals surface area contributed by atoms with Gasteiger partial charge in [-0.25, -0.2) is 0 Å². The molecule has 1 aromatic carbocycles. The maximum atomic E-state index is 11.5. The molecule has 0 amide bonds. The molecule has 4 unspecified atom stereocenters. The lowest BCUT2D eigenvalue weighted by Crippen LogP contribution is -2.34. The molecule has 3 aliphatic rings. The van der Waals surface area contributed by atoms with Crippen molar-refractivity contribution in [2.45, 2.75) is 110 Å². The molecule has 3 heteroatoms. The van der Waals surface area contributed by atoms with Crippen LogP contribution in [-0.2, 0) is 16.8 Å². The highest BCUT2D eigenvalue weighted by molar-refractivity contribution is 5.55. The topological polar surface area (TPSA) is 42.4 Å². The Morgan fingerprint density at radius 3 is 2.30 bits per heavy atom. The van der Waals surface area contributed by atoms with Gasteiger partial charge in [0.25, 0.3) is 0 Å². The monoisotopic (exact) mass is 447 g/mol. The van der Waals surface area contributed by atoms with Gasteiger partial charge in [0.1, 0.15) is 6.10 Å². The molecule has 2 aromatic rings. The fourth-order valence-electron chi connectivity index (χ4n) is 6.80. The summed E-state index contributed by atoms with van der Waals surface area (Å²) in [5, 5.41) is 11.5. The average Bonchev–Trinajstić information content (AvgIpc) is 3.27. The minimum atomic E-state index is -0.471. The third-order valence-corrected chi connectivity index (χ3v) is 8.55. The fourth-order valence-corrected chi connectivity index (χ4v) is 6.80. The second-order valence-electron chi connectivity index (χ2n) is 12.4. The summed E-state index contributed by atoms with van der Waals surface area (Å²) in [5.41, 5.74) is 8.26. The van der Waals surface area contributed by atoms with Gasteiger partial charge in [0, 0.05) is 22.5 Å². The molecule has 1 fully saturated rings. The zero-order valence-electron chi connectivity index (χ0n) is 21.5. The van der Waals surface area contributed by atoms with Crippen LogP contribution in [0.1, 0.15) is 137 Å². The van der Waals surface area contributed by atoms with Crippen LogP contribution in [0, 0.1) is 11.3 Å². The van der Waals surface area contributed by atoms with Crippen molar-refractivity contribution >= 4 is 0 Å². The van der Waals surface area contributed by atoms with Crippen LogP contribution >= 0.6 is 0 Å². The molecule has 0 saturated heterocycles. The van der Waals surface area contributed by atoms with Gasteiger partial charge >= 0.3 is 0 Å². The summed E-state index contributed by atoms with van der Waals surface area (Å²) in [7, 11) is 0. The van der Waals surface area contributed by atoms with Gasteiger partial charge in [0.2, 0.25) is 0 Å². The van der Waals surface area contributed by atoms with E-state index in [-0.39, 0.29) is 17.1 Å². The molecule has 4 atom stereocenters. The molecular formula is C30H41NO2. The first-order chi connectivity index (χ1) is 15.5. The first kappa shape index (κ1) is 23.1.